The van der Waals surface area contributed by atoms with Crippen LogP contribution in [0.4, 0.5) is 4.39 Å². The zero-order valence-corrected chi connectivity index (χ0v) is 9.48. The normalized spacial score (nSPS) is 10.3. The summed E-state index contributed by atoms with van der Waals surface area (Å²) in [6.07, 6.45) is 2.65. The van der Waals surface area contributed by atoms with Crippen LogP contribution in [0, 0.1) is 5.82 Å². The second-order valence-electron chi connectivity index (χ2n) is 3.53. The number of hydrogen-bond donors (Lipinski definition) is 0. The van der Waals surface area contributed by atoms with Gasteiger partial charge in [0.05, 0.1) is 5.02 Å². The molecule has 0 radical (unpaired) electrons. The van der Waals surface area contributed by atoms with Gasteiger partial charge in [-0.05, 0) is 18.1 Å². The summed E-state index contributed by atoms with van der Waals surface area (Å²) in [6.45, 7) is 2.03. The molecule has 0 saturated carbocycles. The number of rotatable bonds is 5. The predicted molar refractivity (Wildman–Crippen MR) is 59.6 cm³/mol. The van der Waals surface area contributed by atoms with Crippen LogP contribution in [-0.2, 0) is 11.2 Å². The summed E-state index contributed by atoms with van der Waals surface area (Å²) >= 11 is 5.74. The molecule has 0 saturated heterocycles. The van der Waals surface area contributed by atoms with Crippen molar-refractivity contribution in [3.63, 3.8) is 0 Å². The van der Waals surface area contributed by atoms with Crippen molar-refractivity contribution in [1.29, 1.82) is 0 Å². The minimum atomic E-state index is -0.461. The van der Waals surface area contributed by atoms with Gasteiger partial charge in [0, 0.05) is 12.8 Å². The fourth-order valence-electron chi connectivity index (χ4n) is 1.36. The van der Waals surface area contributed by atoms with E-state index in [1.165, 1.54) is 6.07 Å². The molecule has 0 aliphatic carbocycles. The van der Waals surface area contributed by atoms with E-state index in [0.717, 1.165) is 12.8 Å². The molecule has 15 heavy (non-hydrogen) atoms. The van der Waals surface area contributed by atoms with Crippen LogP contribution < -0.4 is 0 Å². The molecule has 0 atom stereocenters. The molecular formula is C12H14ClFO. The number of hydrogen-bond acceptors (Lipinski definition) is 1. The second kappa shape index (κ2) is 5.86. The fraction of sp³-hybridized carbons (Fsp3) is 0.417. The second-order valence-corrected chi connectivity index (χ2v) is 3.91. The first-order valence-corrected chi connectivity index (χ1v) is 5.47. The molecule has 0 bridgehead atoms. The van der Waals surface area contributed by atoms with Gasteiger partial charge < -0.3 is 0 Å². The topological polar surface area (TPSA) is 17.1 Å². The lowest BCUT2D eigenvalue weighted by molar-refractivity contribution is -0.118. The van der Waals surface area contributed by atoms with Crippen LogP contribution in [-0.4, -0.2) is 5.78 Å². The lowest BCUT2D eigenvalue weighted by Gasteiger charge is -2.03. The number of Topliss-reactive ketones (excluding diaryl/α,β-unsaturated/α-hetero) is 1. The quantitative estimate of drug-likeness (QED) is 0.750. The van der Waals surface area contributed by atoms with Crippen molar-refractivity contribution in [2.45, 2.75) is 32.6 Å². The number of ketones is 1. The van der Waals surface area contributed by atoms with Gasteiger partial charge in [-0.2, -0.15) is 0 Å². The van der Waals surface area contributed by atoms with Crippen molar-refractivity contribution >= 4 is 17.4 Å². The molecule has 0 aliphatic rings. The molecule has 0 unspecified atom stereocenters. The third-order valence-electron chi connectivity index (χ3n) is 2.23. The van der Waals surface area contributed by atoms with Gasteiger partial charge in [-0.1, -0.05) is 37.1 Å². The summed E-state index contributed by atoms with van der Waals surface area (Å²) in [5.41, 5.74) is 0.581. The van der Waals surface area contributed by atoms with E-state index in [4.69, 9.17) is 11.6 Å². The maximum Gasteiger partial charge on any atom is 0.142 e. The van der Waals surface area contributed by atoms with Gasteiger partial charge in [-0.25, -0.2) is 4.39 Å². The smallest absolute Gasteiger partial charge is 0.142 e. The third-order valence-corrected chi connectivity index (χ3v) is 2.65. The first kappa shape index (κ1) is 12.2. The average Bonchev–Trinajstić information content (AvgIpc) is 2.22. The largest absolute Gasteiger partial charge is 0.299 e. The van der Waals surface area contributed by atoms with Crippen LogP contribution in [0.2, 0.25) is 5.02 Å². The fourth-order valence-corrected chi connectivity index (χ4v) is 1.55. The zero-order chi connectivity index (χ0) is 11.3. The molecule has 1 rings (SSSR count). The van der Waals surface area contributed by atoms with Crippen LogP contribution in [0.15, 0.2) is 18.2 Å². The number of carbonyl (C=O) groups excluding carboxylic acids is 1. The van der Waals surface area contributed by atoms with Crippen LogP contribution in [0.25, 0.3) is 0 Å². The Balaban J connectivity index is 2.64. The molecule has 1 aromatic rings. The Morgan fingerprint density at radius 3 is 2.87 bits per heavy atom. The van der Waals surface area contributed by atoms with E-state index < -0.39 is 5.82 Å². The van der Waals surface area contributed by atoms with Crippen molar-refractivity contribution in [3.05, 3.63) is 34.6 Å². The molecule has 0 amide bonds. The SMILES string of the molecule is CCCCC(=O)Cc1cccc(F)c1Cl. The molecule has 0 N–H and O–H groups in total. The number of unbranched alkanes of at least 4 members (excludes halogenated alkanes) is 1. The summed E-state index contributed by atoms with van der Waals surface area (Å²) in [5.74, 6) is -0.346. The Kier molecular flexibility index (Phi) is 4.76. The highest BCUT2D eigenvalue weighted by Crippen LogP contribution is 2.20. The molecule has 1 aromatic carbocycles. The number of carbonyl (C=O) groups is 1. The van der Waals surface area contributed by atoms with E-state index in [0.29, 0.717) is 12.0 Å². The maximum atomic E-state index is 13.0. The zero-order valence-electron chi connectivity index (χ0n) is 8.72. The van der Waals surface area contributed by atoms with Gasteiger partial charge in [0.2, 0.25) is 0 Å². The Labute approximate surface area is 94.3 Å². The summed E-state index contributed by atoms with van der Waals surface area (Å²) in [7, 11) is 0. The average molecular weight is 229 g/mol. The minimum absolute atomic E-state index is 0.0716. The highest BCUT2D eigenvalue weighted by molar-refractivity contribution is 6.31. The summed E-state index contributed by atoms with van der Waals surface area (Å²) in [5, 5.41) is 0.0716. The Morgan fingerprint density at radius 2 is 2.20 bits per heavy atom. The minimum Gasteiger partial charge on any atom is -0.299 e. The molecule has 0 aromatic heterocycles. The monoisotopic (exact) mass is 228 g/mol. The van der Waals surface area contributed by atoms with Crippen LogP contribution in [0.3, 0.4) is 0 Å². The molecule has 82 valence electrons. The lowest BCUT2D eigenvalue weighted by atomic mass is 10.0. The van der Waals surface area contributed by atoms with Gasteiger partial charge in [-0.15, -0.1) is 0 Å². The van der Waals surface area contributed by atoms with E-state index in [1.54, 1.807) is 12.1 Å². The molecule has 0 fully saturated rings. The Hall–Kier alpha value is -0.890. The van der Waals surface area contributed by atoms with E-state index in [1.807, 2.05) is 6.92 Å². The van der Waals surface area contributed by atoms with Crippen molar-refractivity contribution in [1.82, 2.24) is 0 Å². The first-order valence-electron chi connectivity index (χ1n) is 5.09. The van der Waals surface area contributed by atoms with Crippen LogP contribution in [0.5, 0.6) is 0 Å². The van der Waals surface area contributed by atoms with Gasteiger partial charge >= 0.3 is 0 Å². The summed E-state index contributed by atoms with van der Waals surface area (Å²) in [4.78, 5) is 11.5. The van der Waals surface area contributed by atoms with Crippen molar-refractivity contribution < 1.29 is 9.18 Å². The van der Waals surface area contributed by atoms with Gasteiger partial charge in [0.1, 0.15) is 11.6 Å². The lowest BCUT2D eigenvalue weighted by Crippen LogP contribution is -2.03. The number of halogens is 2. The highest BCUT2D eigenvalue weighted by atomic mass is 35.5. The van der Waals surface area contributed by atoms with Crippen molar-refractivity contribution in [2.75, 3.05) is 0 Å². The van der Waals surface area contributed by atoms with Gasteiger partial charge in [0.25, 0.3) is 0 Å². The van der Waals surface area contributed by atoms with Gasteiger partial charge in [-0.3, -0.25) is 4.79 Å². The van der Waals surface area contributed by atoms with Crippen molar-refractivity contribution in [3.8, 4) is 0 Å². The molecule has 0 spiro atoms. The standard InChI is InChI=1S/C12H14ClFO/c1-2-3-6-10(15)8-9-5-4-7-11(14)12(9)13/h4-5,7H,2-3,6,8H2,1H3. The van der Waals surface area contributed by atoms with E-state index in [-0.39, 0.29) is 17.2 Å². The molecular weight excluding hydrogens is 215 g/mol. The summed E-state index contributed by atoms with van der Waals surface area (Å²) < 4.78 is 13.0. The van der Waals surface area contributed by atoms with E-state index in [9.17, 15) is 9.18 Å². The summed E-state index contributed by atoms with van der Waals surface area (Å²) in [6, 6.07) is 4.56. The maximum absolute atomic E-state index is 13.0. The molecule has 1 nitrogen and oxygen atoms in total. The third kappa shape index (κ3) is 3.63. The Bertz CT molecular complexity index is 349. The van der Waals surface area contributed by atoms with E-state index >= 15 is 0 Å². The first-order chi connectivity index (χ1) is 7.15. The van der Waals surface area contributed by atoms with E-state index in [2.05, 4.69) is 0 Å². The van der Waals surface area contributed by atoms with Crippen LogP contribution >= 0.6 is 11.6 Å². The van der Waals surface area contributed by atoms with Gasteiger partial charge in [0.15, 0.2) is 0 Å². The van der Waals surface area contributed by atoms with Crippen LogP contribution in [0.1, 0.15) is 31.7 Å². The highest BCUT2D eigenvalue weighted by Gasteiger charge is 2.09. The number of benzene rings is 1. The van der Waals surface area contributed by atoms with Crippen molar-refractivity contribution in [2.24, 2.45) is 0 Å². The molecule has 3 heteroatoms. The Morgan fingerprint density at radius 1 is 1.47 bits per heavy atom. The predicted octanol–water partition coefficient (Wildman–Crippen LogP) is 3.78. The molecule has 0 heterocycles. The molecule has 0 aliphatic heterocycles.